The summed E-state index contributed by atoms with van der Waals surface area (Å²) in [5, 5.41) is 1.74. The van der Waals surface area contributed by atoms with Crippen molar-refractivity contribution < 1.29 is 14.4 Å². The van der Waals surface area contributed by atoms with Crippen molar-refractivity contribution in [2.24, 2.45) is 5.92 Å². The molecular formula is C25H22N2O3. The zero-order valence-corrected chi connectivity index (χ0v) is 16.9. The number of imide groups is 1. The van der Waals surface area contributed by atoms with E-state index in [9.17, 15) is 9.59 Å². The molecule has 0 aromatic heterocycles. The van der Waals surface area contributed by atoms with Crippen LogP contribution in [0.5, 0.6) is 0 Å². The van der Waals surface area contributed by atoms with Gasteiger partial charge in [0.15, 0.2) is 6.10 Å². The minimum absolute atomic E-state index is 0.220. The van der Waals surface area contributed by atoms with Gasteiger partial charge in [-0.3, -0.25) is 14.4 Å². The van der Waals surface area contributed by atoms with Crippen LogP contribution in [0, 0.1) is 19.8 Å². The molecule has 0 aliphatic carbocycles. The lowest BCUT2D eigenvalue weighted by atomic mass is 9.88. The number of para-hydroxylation sites is 1. The number of nitrogens with zero attached hydrogens (tertiary/aromatic N) is 2. The number of carbonyl (C=O) groups is 2. The summed E-state index contributed by atoms with van der Waals surface area (Å²) in [6.07, 6.45) is -0.845. The first-order chi connectivity index (χ1) is 14.6. The highest BCUT2D eigenvalue weighted by Gasteiger charge is 2.60. The highest BCUT2D eigenvalue weighted by atomic mass is 16.7. The van der Waals surface area contributed by atoms with Crippen LogP contribution in [0.3, 0.4) is 0 Å². The summed E-state index contributed by atoms with van der Waals surface area (Å²) in [6, 6.07) is 24.7. The van der Waals surface area contributed by atoms with Crippen molar-refractivity contribution in [2.75, 3.05) is 9.96 Å². The molecule has 0 unspecified atom stereocenters. The van der Waals surface area contributed by atoms with Crippen LogP contribution in [-0.2, 0) is 14.4 Å². The first kappa shape index (κ1) is 18.6. The Kier molecular flexibility index (Phi) is 4.40. The van der Waals surface area contributed by atoms with E-state index in [0.29, 0.717) is 5.69 Å². The second-order valence-corrected chi connectivity index (χ2v) is 7.87. The van der Waals surface area contributed by atoms with E-state index in [1.54, 1.807) is 11.1 Å². The third-order valence-electron chi connectivity index (χ3n) is 5.89. The van der Waals surface area contributed by atoms with Crippen molar-refractivity contribution in [2.45, 2.75) is 26.0 Å². The van der Waals surface area contributed by atoms with Crippen LogP contribution in [-0.4, -0.2) is 17.9 Å². The van der Waals surface area contributed by atoms with Crippen LogP contribution in [0.15, 0.2) is 78.9 Å². The van der Waals surface area contributed by atoms with Gasteiger partial charge in [0, 0.05) is 0 Å². The predicted molar refractivity (Wildman–Crippen MR) is 115 cm³/mol. The Hall–Kier alpha value is -3.44. The SMILES string of the molecule is Cc1cccc(N2C(=O)[C@@H]3[C@H](ON(c4ccccc4)[C@@H]3c3ccccc3C)C2=O)c1. The van der Waals surface area contributed by atoms with Crippen LogP contribution in [0.1, 0.15) is 22.7 Å². The highest BCUT2D eigenvalue weighted by molar-refractivity contribution is 6.24. The standard InChI is InChI=1S/C25H22N2O3/c1-16-9-8-13-19(15-16)26-24(28)21-22(20-14-7-6-10-17(20)2)27(30-23(21)25(26)29)18-11-4-3-5-12-18/h3-15,21-23H,1-2H3/t21-,22+,23-/m0/s1. The quantitative estimate of drug-likeness (QED) is 0.616. The Morgan fingerprint density at radius 2 is 1.47 bits per heavy atom. The zero-order valence-electron chi connectivity index (χ0n) is 16.9. The van der Waals surface area contributed by atoms with E-state index < -0.39 is 12.0 Å². The van der Waals surface area contributed by atoms with Gasteiger partial charge in [-0.15, -0.1) is 0 Å². The van der Waals surface area contributed by atoms with Gasteiger partial charge in [0.1, 0.15) is 5.92 Å². The van der Waals surface area contributed by atoms with Gasteiger partial charge < -0.3 is 0 Å². The van der Waals surface area contributed by atoms with Crippen LogP contribution in [0.2, 0.25) is 0 Å². The Balaban J connectivity index is 1.61. The maximum Gasteiger partial charge on any atom is 0.266 e. The fourth-order valence-corrected chi connectivity index (χ4v) is 4.47. The Bertz CT molecular complexity index is 1130. The molecule has 3 aromatic rings. The molecular weight excluding hydrogens is 376 g/mol. The normalized spacial score (nSPS) is 23.2. The van der Waals surface area contributed by atoms with Gasteiger partial charge in [-0.2, -0.15) is 0 Å². The Morgan fingerprint density at radius 1 is 0.767 bits per heavy atom. The van der Waals surface area contributed by atoms with E-state index in [4.69, 9.17) is 4.84 Å². The summed E-state index contributed by atoms with van der Waals surface area (Å²) in [5.74, 6) is -1.14. The average Bonchev–Trinajstić information content (AvgIpc) is 3.25. The fourth-order valence-electron chi connectivity index (χ4n) is 4.47. The second-order valence-electron chi connectivity index (χ2n) is 7.87. The van der Waals surface area contributed by atoms with Crippen molar-refractivity contribution in [3.8, 4) is 0 Å². The molecule has 2 heterocycles. The highest BCUT2D eigenvalue weighted by Crippen LogP contribution is 2.48. The molecule has 0 saturated carbocycles. The van der Waals surface area contributed by atoms with Gasteiger partial charge in [-0.25, -0.2) is 9.96 Å². The van der Waals surface area contributed by atoms with Crippen molar-refractivity contribution in [1.82, 2.24) is 0 Å². The van der Waals surface area contributed by atoms with Crippen LogP contribution >= 0.6 is 0 Å². The summed E-state index contributed by atoms with van der Waals surface area (Å²) >= 11 is 0. The van der Waals surface area contributed by atoms with Gasteiger partial charge in [-0.1, -0.05) is 54.6 Å². The molecule has 2 saturated heterocycles. The molecule has 150 valence electrons. The second kappa shape index (κ2) is 7.11. The summed E-state index contributed by atoms with van der Waals surface area (Å²) in [4.78, 5) is 34.3. The molecule has 0 bridgehead atoms. The fraction of sp³-hybridized carbons (Fsp3) is 0.200. The number of carbonyl (C=O) groups excluding carboxylic acids is 2. The van der Waals surface area contributed by atoms with Gasteiger partial charge >= 0.3 is 0 Å². The summed E-state index contributed by atoms with van der Waals surface area (Å²) < 4.78 is 0. The lowest BCUT2D eigenvalue weighted by Crippen LogP contribution is -2.37. The van der Waals surface area contributed by atoms with Crippen molar-refractivity contribution in [3.05, 3.63) is 95.6 Å². The minimum Gasteiger partial charge on any atom is -0.273 e. The molecule has 3 atom stereocenters. The molecule has 3 aromatic carbocycles. The van der Waals surface area contributed by atoms with Crippen LogP contribution < -0.4 is 9.96 Å². The number of anilines is 2. The van der Waals surface area contributed by atoms with Gasteiger partial charge in [0.05, 0.1) is 17.4 Å². The van der Waals surface area contributed by atoms with Crippen LogP contribution in [0.25, 0.3) is 0 Å². The minimum atomic E-state index is -0.845. The largest absolute Gasteiger partial charge is 0.273 e. The van der Waals surface area contributed by atoms with Gasteiger partial charge in [0.25, 0.3) is 5.91 Å². The number of rotatable bonds is 3. The van der Waals surface area contributed by atoms with E-state index in [2.05, 4.69) is 0 Å². The molecule has 0 N–H and O–H groups in total. The predicted octanol–water partition coefficient (Wildman–Crippen LogP) is 4.35. The molecule has 2 fully saturated rings. The third kappa shape index (κ3) is 2.82. The number of fused-ring (bicyclic) bond motifs is 1. The number of amides is 2. The van der Waals surface area contributed by atoms with E-state index >= 15 is 0 Å². The maximum absolute atomic E-state index is 13.6. The number of benzene rings is 3. The molecule has 2 aliphatic rings. The molecule has 5 rings (SSSR count). The molecule has 5 nitrogen and oxygen atoms in total. The van der Waals surface area contributed by atoms with Gasteiger partial charge in [-0.05, 0) is 54.8 Å². The van der Waals surface area contributed by atoms with Crippen LogP contribution in [0.4, 0.5) is 11.4 Å². The number of aryl methyl sites for hydroxylation is 2. The zero-order chi connectivity index (χ0) is 20.8. The first-order valence-corrected chi connectivity index (χ1v) is 10.1. The summed E-state index contributed by atoms with van der Waals surface area (Å²) in [5.41, 5.74) is 4.45. The topological polar surface area (TPSA) is 49.9 Å². The number of hydroxylamine groups is 1. The Morgan fingerprint density at radius 3 is 2.20 bits per heavy atom. The molecule has 30 heavy (non-hydrogen) atoms. The van der Waals surface area contributed by atoms with Gasteiger partial charge in [0.2, 0.25) is 5.91 Å². The maximum atomic E-state index is 13.6. The van der Waals surface area contributed by atoms with E-state index in [1.165, 1.54) is 4.90 Å². The monoisotopic (exact) mass is 398 g/mol. The number of hydrogen-bond acceptors (Lipinski definition) is 4. The Labute approximate surface area is 175 Å². The molecule has 0 radical (unpaired) electrons. The third-order valence-corrected chi connectivity index (χ3v) is 5.89. The average molecular weight is 398 g/mol. The lowest BCUT2D eigenvalue weighted by molar-refractivity contribution is -0.126. The lowest BCUT2D eigenvalue weighted by Gasteiger charge is -2.29. The molecule has 2 amide bonds. The summed E-state index contributed by atoms with van der Waals surface area (Å²) in [6.45, 7) is 3.96. The van der Waals surface area contributed by atoms with Crippen molar-refractivity contribution in [3.63, 3.8) is 0 Å². The number of hydrogen-bond donors (Lipinski definition) is 0. The van der Waals surface area contributed by atoms with E-state index in [-0.39, 0.29) is 17.9 Å². The van der Waals surface area contributed by atoms with E-state index in [0.717, 1.165) is 22.4 Å². The van der Waals surface area contributed by atoms with Crippen molar-refractivity contribution >= 4 is 23.2 Å². The smallest absolute Gasteiger partial charge is 0.266 e. The summed E-state index contributed by atoms with van der Waals surface area (Å²) in [7, 11) is 0. The molecule has 0 spiro atoms. The molecule has 2 aliphatic heterocycles. The first-order valence-electron chi connectivity index (χ1n) is 10.1. The van der Waals surface area contributed by atoms with E-state index in [1.807, 2.05) is 86.6 Å². The molecule has 5 heteroatoms. The van der Waals surface area contributed by atoms with Crippen molar-refractivity contribution in [1.29, 1.82) is 0 Å².